The number of nitrogens with one attached hydrogen (secondary N) is 2. The Morgan fingerprint density at radius 3 is 2.95 bits per heavy atom. The Morgan fingerprint density at radius 2 is 2.24 bits per heavy atom. The van der Waals surface area contributed by atoms with E-state index >= 15 is 0 Å². The molecular formula is C13H13Cl2N3O2S. The minimum Gasteiger partial charge on any atom is -0.325 e. The number of hydrogen-bond donors (Lipinski definition) is 2. The summed E-state index contributed by atoms with van der Waals surface area (Å²) < 4.78 is 0. The molecule has 0 spiro atoms. The van der Waals surface area contributed by atoms with Gasteiger partial charge < -0.3 is 10.6 Å². The molecule has 1 aliphatic heterocycles. The molecule has 2 amide bonds. The van der Waals surface area contributed by atoms with E-state index in [-0.39, 0.29) is 23.3 Å². The van der Waals surface area contributed by atoms with Crippen molar-refractivity contribution in [1.29, 1.82) is 0 Å². The van der Waals surface area contributed by atoms with Gasteiger partial charge >= 0.3 is 0 Å². The molecule has 0 aliphatic carbocycles. The van der Waals surface area contributed by atoms with Gasteiger partial charge in [0, 0.05) is 13.0 Å². The zero-order valence-electron chi connectivity index (χ0n) is 11.2. The summed E-state index contributed by atoms with van der Waals surface area (Å²) in [7, 11) is 0. The molecule has 1 heterocycles. The van der Waals surface area contributed by atoms with Crippen LogP contribution in [0.3, 0.4) is 0 Å². The van der Waals surface area contributed by atoms with Crippen LogP contribution in [0.15, 0.2) is 23.2 Å². The van der Waals surface area contributed by atoms with Crippen molar-refractivity contribution in [2.24, 2.45) is 4.99 Å². The van der Waals surface area contributed by atoms with Crippen LogP contribution < -0.4 is 10.6 Å². The van der Waals surface area contributed by atoms with Crippen molar-refractivity contribution in [2.75, 3.05) is 11.9 Å². The molecule has 112 valence electrons. The molecule has 1 atom stereocenters. The van der Waals surface area contributed by atoms with Crippen LogP contribution in [0, 0.1) is 0 Å². The summed E-state index contributed by atoms with van der Waals surface area (Å²) in [5, 5.41) is 6.02. The number of amides is 2. The van der Waals surface area contributed by atoms with Crippen LogP contribution in [0.25, 0.3) is 0 Å². The maximum Gasteiger partial charge on any atom is 0.240 e. The average molecular weight is 346 g/mol. The van der Waals surface area contributed by atoms with Gasteiger partial charge in [0.1, 0.15) is 5.25 Å². The van der Waals surface area contributed by atoms with E-state index in [1.165, 1.54) is 11.8 Å². The van der Waals surface area contributed by atoms with E-state index in [4.69, 9.17) is 23.2 Å². The number of benzene rings is 1. The van der Waals surface area contributed by atoms with Crippen molar-refractivity contribution >= 4 is 57.6 Å². The first-order valence-electron chi connectivity index (χ1n) is 6.27. The van der Waals surface area contributed by atoms with E-state index in [0.717, 1.165) is 0 Å². The third-order valence-electron chi connectivity index (χ3n) is 2.67. The lowest BCUT2D eigenvalue weighted by Gasteiger charge is -2.09. The van der Waals surface area contributed by atoms with Crippen molar-refractivity contribution in [2.45, 2.75) is 18.6 Å². The minimum atomic E-state index is -0.478. The predicted molar refractivity (Wildman–Crippen MR) is 87.2 cm³/mol. The number of halogens is 2. The lowest BCUT2D eigenvalue weighted by Crippen LogP contribution is -2.28. The van der Waals surface area contributed by atoms with Crippen LogP contribution in [0.1, 0.15) is 13.3 Å². The number of carbonyl (C=O) groups excluding carboxylic acids is 2. The van der Waals surface area contributed by atoms with E-state index in [2.05, 4.69) is 15.6 Å². The largest absolute Gasteiger partial charge is 0.325 e. The fraction of sp³-hybridized carbons (Fsp3) is 0.308. The molecule has 1 fully saturated rings. The summed E-state index contributed by atoms with van der Waals surface area (Å²) in [4.78, 5) is 27.8. The second-order valence-corrected chi connectivity index (χ2v) is 6.21. The standard InChI is InChI=1S/C13H13Cl2N3O2S/c1-2-16-13-18-12(20)9(21-13)6-10(19)17-8-5-3-4-7(14)11(8)15/h3-5,9H,2,6H2,1H3,(H,17,19)(H,16,18,20). The third-order valence-corrected chi connectivity index (χ3v) is 4.61. The molecule has 0 aromatic heterocycles. The number of anilines is 1. The third kappa shape index (κ3) is 4.12. The highest BCUT2D eigenvalue weighted by Gasteiger charge is 2.31. The summed E-state index contributed by atoms with van der Waals surface area (Å²) in [5.74, 6) is -0.510. The molecule has 8 heteroatoms. The molecule has 21 heavy (non-hydrogen) atoms. The van der Waals surface area contributed by atoms with E-state index in [1.54, 1.807) is 18.2 Å². The van der Waals surface area contributed by atoms with Crippen molar-refractivity contribution in [3.05, 3.63) is 28.2 Å². The SMILES string of the molecule is CCN=C1NC(=O)C(CC(=O)Nc2cccc(Cl)c2Cl)S1. The molecule has 0 saturated carbocycles. The molecule has 0 bridgehead atoms. The maximum absolute atomic E-state index is 12.0. The normalized spacial score (nSPS) is 19.7. The zero-order chi connectivity index (χ0) is 15.4. The molecule has 1 aliphatic rings. The van der Waals surface area contributed by atoms with Crippen LogP contribution >= 0.6 is 35.0 Å². The molecule has 1 saturated heterocycles. The summed E-state index contributed by atoms with van der Waals surface area (Å²) >= 11 is 13.1. The van der Waals surface area contributed by atoms with Crippen LogP contribution in [-0.4, -0.2) is 28.8 Å². The summed E-state index contributed by atoms with van der Waals surface area (Å²) in [5.41, 5.74) is 0.431. The van der Waals surface area contributed by atoms with Gasteiger partial charge in [-0.05, 0) is 19.1 Å². The molecule has 1 aromatic carbocycles. The van der Waals surface area contributed by atoms with Crippen molar-refractivity contribution in [3.8, 4) is 0 Å². The monoisotopic (exact) mass is 345 g/mol. The van der Waals surface area contributed by atoms with Crippen molar-refractivity contribution in [3.63, 3.8) is 0 Å². The number of nitrogens with zero attached hydrogens (tertiary/aromatic N) is 1. The number of aliphatic imine (C=N–C) groups is 1. The fourth-order valence-corrected chi connectivity index (χ4v) is 3.11. The number of carbonyl (C=O) groups is 2. The lowest BCUT2D eigenvalue weighted by molar-refractivity contribution is -0.122. The van der Waals surface area contributed by atoms with Crippen molar-refractivity contribution < 1.29 is 9.59 Å². The Balaban J connectivity index is 1.98. The highest BCUT2D eigenvalue weighted by molar-refractivity contribution is 8.15. The molecule has 0 radical (unpaired) electrons. The van der Waals surface area contributed by atoms with Crippen LogP contribution in [0.5, 0.6) is 0 Å². The van der Waals surface area contributed by atoms with E-state index in [1.807, 2.05) is 6.92 Å². The quantitative estimate of drug-likeness (QED) is 0.881. The van der Waals surface area contributed by atoms with E-state index < -0.39 is 5.25 Å². The number of amidine groups is 1. The minimum absolute atomic E-state index is 0.0437. The number of rotatable bonds is 4. The predicted octanol–water partition coefficient (Wildman–Crippen LogP) is 2.93. The highest BCUT2D eigenvalue weighted by Crippen LogP contribution is 2.30. The van der Waals surface area contributed by atoms with Gasteiger partial charge in [0.25, 0.3) is 0 Å². The Bertz CT molecular complexity index is 607. The lowest BCUT2D eigenvalue weighted by atomic mass is 10.2. The first kappa shape index (κ1) is 16.1. The van der Waals surface area contributed by atoms with Crippen LogP contribution in [0.4, 0.5) is 5.69 Å². The molecule has 5 nitrogen and oxygen atoms in total. The van der Waals surface area contributed by atoms with Gasteiger partial charge in [-0.1, -0.05) is 41.0 Å². The fourth-order valence-electron chi connectivity index (χ4n) is 1.73. The molecule has 2 rings (SSSR count). The smallest absolute Gasteiger partial charge is 0.240 e. The topological polar surface area (TPSA) is 70.6 Å². The number of hydrogen-bond acceptors (Lipinski definition) is 4. The molecule has 1 unspecified atom stereocenters. The summed E-state index contributed by atoms with van der Waals surface area (Å²) in [6, 6.07) is 4.97. The second-order valence-electron chi connectivity index (χ2n) is 4.23. The van der Waals surface area contributed by atoms with Gasteiger partial charge in [0.15, 0.2) is 5.17 Å². The first-order chi connectivity index (χ1) is 10.0. The van der Waals surface area contributed by atoms with Gasteiger partial charge in [0.2, 0.25) is 11.8 Å². The molecule has 2 N–H and O–H groups in total. The number of thioether (sulfide) groups is 1. The Kier molecular flexibility index (Phi) is 5.50. The van der Waals surface area contributed by atoms with E-state index in [9.17, 15) is 9.59 Å². The summed E-state index contributed by atoms with van der Waals surface area (Å²) in [6.45, 7) is 2.46. The van der Waals surface area contributed by atoms with Crippen molar-refractivity contribution in [1.82, 2.24) is 5.32 Å². The second kappa shape index (κ2) is 7.15. The average Bonchev–Trinajstić information content (AvgIpc) is 2.76. The van der Waals surface area contributed by atoms with Gasteiger partial charge in [0.05, 0.1) is 15.7 Å². The Labute approximate surface area is 136 Å². The first-order valence-corrected chi connectivity index (χ1v) is 7.90. The Morgan fingerprint density at radius 1 is 1.48 bits per heavy atom. The van der Waals surface area contributed by atoms with Gasteiger partial charge in [-0.3, -0.25) is 14.6 Å². The van der Waals surface area contributed by atoms with Gasteiger partial charge in [-0.25, -0.2) is 0 Å². The van der Waals surface area contributed by atoms with Gasteiger partial charge in [-0.15, -0.1) is 0 Å². The van der Waals surface area contributed by atoms with Crippen LogP contribution in [-0.2, 0) is 9.59 Å². The summed E-state index contributed by atoms with van der Waals surface area (Å²) in [6.07, 6.45) is 0.0437. The molecular weight excluding hydrogens is 333 g/mol. The highest BCUT2D eigenvalue weighted by atomic mass is 35.5. The molecule has 1 aromatic rings. The van der Waals surface area contributed by atoms with Crippen LogP contribution in [0.2, 0.25) is 10.0 Å². The maximum atomic E-state index is 12.0. The van der Waals surface area contributed by atoms with Gasteiger partial charge in [-0.2, -0.15) is 0 Å². The Hall–Kier alpha value is -1.24. The van der Waals surface area contributed by atoms with E-state index in [0.29, 0.717) is 22.4 Å². The zero-order valence-corrected chi connectivity index (χ0v) is 13.5.